The Morgan fingerprint density at radius 3 is 2.82 bits per heavy atom. The number of aliphatic hydroxyl groups excluding tert-OH is 1. The lowest BCUT2D eigenvalue weighted by Gasteiger charge is -2.56. The quantitative estimate of drug-likeness (QED) is 0.864. The van der Waals surface area contributed by atoms with E-state index in [4.69, 9.17) is 4.74 Å². The lowest BCUT2D eigenvalue weighted by molar-refractivity contribution is -0.207. The van der Waals surface area contributed by atoms with Crippen molar-refractivity contribution in [3.05, 3.63) is 34.2 Å². The average molecular weight is 306 g/mol. The van der Waals surface area contributed by atoms with E-state index >= 15 is 0 Å². The molecule has 2 atom stereocenters. The van der Waals surface area contributed by atoms with Crippen molar-refractivity contribution in [2.75, 3.05) is 19.7 Å². The van der Waals surface area contributed by atoms with Gasteiger partial charge in [-0.1, -0.05) is 0 Å². The zero-order chi connectivity index (χ0) is 15.7. The van der Waals surface area contributed by atoms with E-state index in [-0.39, 0.29) is 34.7 Å². The summed E-state index contributed by atoms with van der Waals surface area (Å²) in [5, 5.41) is 10.2. The molecule has 0 bridgehead atoms. The molecule has 3 rings (SSSR count). The average Bonchev–Trinajstić information content (AvgIpc) is 2.55. The second-order valence-electron chi connectivity index (χ2n) is 6.13. The van der Waals surface area contributed by atoms with Gasteiger partial charge in [-0.25, -0.2) is 0 Å². The minimum atomic E-state index is -0.358. The van der Waals surface area contributed by atoms with Crippen LogP contribution in [0.2, 0.25) is 0 Å². The van der Waals surface area contributed by atoms with E-state index in [0.29, 0.717) is 26.1 Å². The summed E-state index contributed by atoms with van der Waals surface area (Å²) in [4.78, 5) is 28.4. The fourth-order valence-corrected chi connectivity index (χ4v) is 3.70. The maximum Gasteiger partial charge on any atom is 0.260 e. The fourth-order valence-electron chi connectivity index (χ4n) is 3.70. The Kier molecular flexibility index (Phi) is 4.06. The lowest BCUT2D eigenvalue weighted by atomic mass is 9.58. The molecule has 6 nitrogen and oxygen atoms in total. The highest BCUT2D eigenvalue weighted by atomic mass is 16.5. The molecular weight excluding hydrogens is 284 g/mol. The first-order valence-electron chi connectivity index (χ1n) is 7.85. The zero-order valence-electron chi connectivity index (χ0n) is 12.7. The van der Waals surface area contributed by atoms with Crippen molar-refractivity contribution in [1.29, 1.82) is 0 Å². The molecule has 1 spiro atoms. The minimum Gasteiger partial charge on any atom is -0.392 e. The first kappa shape index (κ1) is 15.2. The van der Waals surface area contributed by atoms with Gasteiger partial charge in [0.2, 0.25) is 0 Å². The summed E-state index contributed by atoms with van der Waals surface area (Å²) < 4.78 is 5.72. The van der Waals surface area contributed by atoms with Gasteiger partial charge in [-0.3, -0.25) is 9.59 Å². The van der Waals surface area contributed by atoms with Gasteiger partial charge in [0.25, 0.3) is 11.5 Å². The summed E-state index contributed by atoms with van der Waals surface area (Å²) in [6, 6.07) is 3.20. The van der Waals surface area contributed by atoms with Gasteiger partial charge in [0.15, 0.2) is 0 Å². The number of piperidine rings is 1. The van der Waals surface area contributed by atoms with Gasteiger partial charge >= 0.3 is 0 Å². The van der Waals surface area contributed by atoms with Crippen molar-refractivity contribution < 1.29 is 14.6 Å². The van der Waals surface area contributed by atoms with Gasteiger partial charge in [-0.05, 0) is 31.9 Å². The molecule has 1 amide bonds. The van der Waals surface area contributed by atoms with Crippen molar-refractivity contribution in [3.63, 3.8) is 0 Å². The van der Waals surface area contributed by atoms with Crippen molar-refractivity contribution in [2.45, 2.75) is 38.4 Å². The summed E-state index contributed by atoms with van der Waals surface area (Å²) in [6.07, 6.45) is 3.37. The molecule has 2 aliphatic rings. The summed E-state index contributed by atoms with van der Waals surface area (Å²) in [7, 11) is 0. The first-order chi connectivity index (χ1) is 10.6. The molecule has 2 fully saturated rings. The van der Waals surface area contributed by atoms with Crippen molar-refractivity contribution in [1.82, 2.24) is 9.88 Å². The zero-order valence-corrected chi connectivity index (χ0v) is 12.7. The third-order valence-electron chi connectivity index (χ3n) is 5.14. The van der Waals surface area contributed by atoms with Gasteiger partial charge < -0.3 is 19.7 Å². The summed E-state index contributed by atoms with van der Waals surface area (Å²) >= 11 is 0. The number of nitrogens with one attached hydrogen (secondary N) is 1. The highest BCUT2D eigenvalue weighted by Gasteiger charge is 2.56. The molecule has 2 heterocycles. The van der Waals surface area contributed by atoms with Crippen molar-refractivity contribution in [2.24, 2.45) is 5.41 Å². The van der Waals surface area contributed by atoms with E-state index in [0.717, 1.165) is 12.8 Å². The Balaban J connectivity index is 1.68. The molecule has 1 aliphatic heterocycles. The van der Waals surface area contributed by atoms with E-state index in [1.807, 2.05) is 6.92 Å². The molecule has 1 saturated heterocycles. The second kappa shape index (κ2) is 5.85. The highest BCUT2D eigenvalue weighted by molar-refractivity contribution is 5.93. The third kappa shape index (κ3) is 2.36. The Morgan fingerprint density at radius 2 is 2.23 bits per heavy atom. The number of H-pyrrole nitrogens is 1. The van der Waals surface area contributed by atoms with Crippen LogP contribution >= 0.6 is 0 Å². The summed E-state index contributed by atoms with van der Waals surface area (Å²) in [5.41, 5.74) is -0.395. The largest absolute Gasteiger partial charge is 0.392 e. The molecule has 1 aromatic heterocycles. The van der Waals surface area contributed by atoms with Gasteiger partial charge in [-0.15, -0.1) is 0 Å². The number of likely N-dealkylation sites (tertiary alicyclic amines) is 1. The van der Waals surface area contributed by atoms with Crippen LogP contribution in [0.5, 0.6) is 0 Å². The van der Waals surface area contributed by atoms with Crippen LogP contribution in [0.1, 0.15) is 36.5 Å². The Labute approximate surface area is 129 Å². The molecule has 120 valence electrons. The standard InChI is InChI=1S/C16H22N2O4/c1-2-22-13-10-12(19)16(13)5-8-18(9-6-16)15(21)11-4-3-7-17-14(11)20/h3-4,7,12-13,19H,2,5-6,8-10H2,1H3,(H,17,20)/t12-,13+/m0/s1. The van der Waals surface area contributed by atoms with Crippen LogP contribution in [0.15, 0.2) is 23.1 Å². The second-order valence-corrected chi connectivity index (χ2v) is 6.13. The molecule has 0 aromatic carbocycles. The number of aromatic nitrogens is 1. The topological polar surface area (TPSA) is 82.6 Å². The SMILES string of the molecule is CCO[C@@H]1C[C@H](O)C12CCN(C(=O)c1ccc[nH]c1=O)CC2. The Hall–Kier alpha value is -1.66. The molecule has 6 heteroatoms. The van der Waals surface area contributed by atoms with Crippen molar-refractivity contribution in [3.8, 4) is 0 Å². The third-order valence-corrected chi connectivity index (χ3v) is 5.14. The van der Waals surface area contributed by atoms with Gasteiger partial charge in [0.1, 0.15) is 5.56 Å². The smallest absolute Gasteiger partial charge is 0.260 e. The molecule has 22 heavy (non-hydrogen) atoms. The molecule has 1 aliphatic carbocycles. The van der Waals surface area contributed by atoms with Crippen LogP contribution < -0.4 is 5.56 Å². The summed E-state index contributed by atoms with van der Waals surface area (Å²) in [5.74, 6) is -0.238. The number of carbonyl (C=O) groups excluding carboxylic acids is 1. The van der Waals surface area contributed by atoms with E-state index in [9.17, 15) is 14.7 Å². The monoisotopic (exact) mass is 306 g/mol. The highest BCUT2D eigenvalue weighted by Crippen LogP contribution is 2.50. The summed E-state index contributed by atoms with van der Waals surface area (Å²) in [6.45, 7) is 3.70. The fraction of sp³-hybridized carbons (Fsp3) is 0.625. The number of amides is 1. The first-order valence-corrected chi connectivity index (χ1v) is 7.85. The number of carbonyl (C=O) groups is 1. The minimum absolute atomic E-state index is 0.0879. The number of hydrogen-bond acceptors (Lipinski definition) is 4. The molecule has 1 aromatic rings. The van der Waals surface area contributed by atoms with Crippen LogP contribution in [0.4, 0.5) is 0 Å². The number of pyridine rings is 1. The van der Waals surface area contributed by atoms with Crippen molar-refractivity contribution >= 4 is 5.91 Å². The maximum atomic E-state index is 12.4. The van der Waals surface area contributed by atoms with E-state index in [1.54, 1.807) is 17.0 Å². The molecule has 0 unspecified atom stereocenters. The number of nitrogens with zero attached hydrogens (tertiary/aromatic N) is 1. The molecular formula is C16H22N2O4. The van der Waals surface area contributed by atoms with Crippen LogP contribution in [-0.4, -0.2) is 52.8 Å². The van der Waals surface area contributed by atoms with Gasteiger partial charge in [0.05, 0.1) is 12.2 Å². The predicted molar refractivity (Wildman–Crippen MR) is 80.7 cm³/mol. The van der Waals surface area contributed by atoms with Gasteiger partial charge in [0, 0.05) is 37.7 Å². The van der Waals surface area contributed by atoms with Crippen LogP contribution in [0.3, 0.4) is 0 Å². The molecule has 0 radical (unpaired) electrons. The normalized spacial score (nSPS) is 26.7. The van der Waals surface area contributed by atoms with E-state index in [2.05, 4.69) is 4.98 Å². The molecule has 1 saturated carbocycles. The Bertz CT molecular complexity index is 602. The predicted octanol–water partition coefficient (Wildman–Crippen LogP) is 0.767. The number of aromatic amines is 1. The van der Waals surface area contributed by atoms with E-state index < -0.39 is 0 Å². The van der Waals surface area contributed by atoms with E-state index in [1.165, 1.54) is 6.20 Å². The van der Waals surface area contributed by atoms with Crippen LogP contribution in [0, 0.1) is 5.41 Å². The van der Waals surface area contributed by atoms with Crippen LogP contribution in [-0.2, 0) is 4.74 Å². The number of hydrogen-bond donors (Lipinski definition) is 2. The Morgan fingerprint density at radius 1 is 1.50 bits per heavy atom. The number of ether oxygens (including phenoxy) is 1. The van der Waals surface area contributed by atoms with Gasteiger partial charge in [-0.2, -0.15) is 0 Å². The number of rotatable bonds is 3. The molecule has 2 N–H and O–H groups in total. The number of aliphatic hydroxyl groups is 1. The lowest BCUT2D eigenvalue weighted by Crippen LogP contribution is -2.62. The maximum absolute atomic E-state index is 12.4. The van der Waals surface area contributed by atoms with Crippen LogP contribution in [0.25, 0.3) is 0 Å².